The molecule has 0 bridgehead atoms. The maximum absolute atomic E-state index is 14.6. The van der Waals surface area contributed by atoms with Gasteiger partial charge in [0.2, 0.25) is 0 Å². The zero-order valence-electron chi connectivity index (χ0n) is 19.5. The molecule has 0 spiro atoms. The molecular formula is C30H29FN2O. The summed E-state index contributed by atoms with van der Waals surface area (Å²) in [4.78, 5) is 0. The van der Waals surface area contributed by atoms with Gasteiger partial charge in [-0.25, -0.2) is 4.39 Å². The maximum Gasteiger partial charge on any atom is 0.159 e. The number of hydrogen-bond donors (Lipinski definition) is 2. The first kappa shape index (κ1) is 23.1. The molecule has 0 aliphatic heterocycles. The molecule has 1 heterocycles. The first-order valence-corrected chi connectivity index (χ1v) is 11.6. The molecule has 34 heavy (non-hydrogen) atoms. The third-order valence-electron chi connectivity index (χ3n) is 5.53. The Hall–Kier alpha value is -4.05. The number of allylic oxidation sites excluding steroid dienone is 6. The van der Waals surface area contributed by atoms with Crippen LogP contribution >= 0.6 is 0 Å². The van der Waals surface area contributed by atoms with Crippen molar-refractivity contribution in [2.45, 2.75) is 26.8 Å². The zero-order chi connectivity index (χ0) is 23.8. The molecule has 4 rings (SSSR count). The van der Waals surface area contributed by atoms with Crippen LogP contribution in [0.4, 0.5) is 10.1 Å². The number of halogens is 1. The molecule has 2 N–H and O–H groups in total. The van der Waals surface area contributed by atoms with Crippen molar-refractivity contribution in [3.05, 3.63) is 120 Å². The lowest BCUT2D eigenvalue weighted by Crippen LogP contribution is -2.14. The van der Waals surface area contributed by atoms with E-state index in [-0.39, 0.29) is 5.82 Å². The number of para-hydroxylation sites is 1. The van der Waals surface area contributed by atoms with E-state index in [9.17, 15) is 4.39 Å². The number of fused-ring (bicyclic) bond motifs is 3. The Bertz CT molecular complexity index is 1390. The standard InChI is InChI=1S/C30H29FN2O/c1-3-5-7-16-27(25-14-8-10-15-26(25)31)33-21-22-18-19-24-23-13-9-11-17-28(23)34-30(24)29(22)32-20-12-6-4-2/h4-20,32-33H,3,21H2,1-2H3/b6-4-,7-5-,20-12-,27-16-. The van der Waals surface area contributed by atoms with Crippen molar-refractivity contribution in [3.8, 4) is 0 Å². The van der Waals surface area contributed by atoms with Gasteiger partial charge in [-0.15, -0.1) is 0 Å². The second kappa shape index (κ2) is 11.2. The number of benzene rings is 3. The van der Waals surface area contributed by atoms with Gasteiger partial charge in [-0.05, 0) is 55.3 Å². The average molecular weight is 453 g/mol. The highest BCUT2D eigenvalue weighted by Crippen LogP contribution is 2.36. The van der Waals surface area contributed by atoms with Gasteiger partial charge in [0.1, 0.15) is 11.4 Å². The number of anilines is 1. The second-order valence-electron chi connectivity index (χ2n) is 7.85. The lowest BCUT2D eigenvalue weighted by Gasteiger charge is -2.15. The van der Waals surface area contributed by atoms with E-state index in [0.29, 0.717) is 12.1 Å². The molecule has 3 nitrogen and oxygen atoms in total. The van der Waals surface area contributed by atoms with Crippen LogP contribution in [0, 0.1) is 5.82 Å². The molecule has 0 fully saturated rings. The van der Waals surface area contributed by atoms with E-state index in [2.05, 4.69) is 35.8 Å². The lowest BCUT2D eigenvalue weighted by atomic mass is 10.1. The third kappa shape index (κ3) is 5.12. The van der Waals surface area contributed by atoms with Crippen LogP contribution in [0.3, 0.4) is 0 Å². The molecule has 0 aliphatic carbocycles. The Morgan fingerprint density at radius 3 is 2.59 bits per heavy atom. The van der Waals surface area contributed by atoms with Gasteiger partial charge in [0.05, 0.1) is 5.69 Å². The normalized spacial score (nSPS) is 12.6. The van der Waals surface area contributed by atoms with Crippen molar-refractivity contribution < 1.29 is 8.81 Å². The van der Waals surface area contributed by atoms with Crippen LogP contribution in [0.15, 0.2) is 108 Å². The summed E-state index contributed by atoms with van der Waals surface area (Å²) in [5.41, 5.74) is 4.81. The van der Waals surface area contributed by atoms with E-state index in [0.717, 1.165) is 45.3 Å². The van der Waals surface area contributed by atoms with Gasteiger partial charge in [-0.2, -0.15) is 0 Å². The Labute approximate surface area is 200 Å². The summed E-state index contributed by atoms with van der Waals surface area (Å²) < 4.78 is 20.8. The SMILES string of the molecule is C/C=C\C=C/Nc1c(CN/C(=C\C=C/CC)c2ccccc2F)ccc2c1oc1ccccc12. The van der Waals surface area contributed by atoms with Crippen LogP contribution in [0.25, 0.3) is 27.6 Å². The molecule has 0 amide bonds. The van der Waals surface area contributed by atoms with Crippen molar-refractivity contribution in [3.63, 3.8) is 0 Å². The molecule has 3 aromatic carbocycles. The fourth-order valence-corrected chi connectivity index (χ4v) is 3.85. The highest BCUT2D eigenvalue weighted by atomic mass is 19.1. The zero-order valence-corrected chi connectivity index (χ0v) is 19.5. The summed E-state index contributed by atoms with van der Waals surface area (Å²) in [5.74, 6) is -0.258. The van der Waals surface area contributed by atoms with Crippen molar-refractivity contribution >= 4 is 33.3 Å². The number of nitrogens with one attached hydrogen (secondary N) is 2. The second-order valence-corrected chi connectivity index (χ2v) is 7.85. The van der Waals surface area contributed by atoms with Gasteiger partial charge >= 0.3 is 0 Å². The van der Waals surface area contributed by atoms with Crippen molar-refractivity contribution in [1.29, 1.82) is 0 Å². The molecule has 172 valence electrons. The fourth-order valence-electron chi connectivity index (χ4n) is 3.85. The Kier molecular flexibility index (Phi) is 7.61. The van der Waals surface area contributed by atoms with E-state index < -0.39 is 0 Å². The minimum absolute atomic E-state index is 0.258. The number of furan rings is 1. The average Bonchev–Trinajstić information content (AvgIpc) is 3.24. The van der Waals surface area contributed by atoms with Gasteiger partial charge in [-0.1, -0.05) is 67.6 Å². The summed E-state index contributed by atoms with van der Waals surface area (Å²) in [5, 5.41) is 8.98. The van der Waals surface area contributed by atoms with Crippen LogP contribution in [-0.4, -0.2) is 0 Å². The highest BCUT2D eigenvalue weighted by molar-refractivity contribution is 6.09. The van der Waals surface area contributed by atoms with E-state index in [1.807, 2.05) is 73.8 Å². The third-order valence-corrected chi connectivity index (χ3v) is 5.53. The monoisotopic (exact) mass is 452 g/mol. The summed E-state index contributed by atoms with van der Waals surface area (Å²) in [6, 6.07) is 19.0. The minimum atomic E-state index is -0.258. The van der Waals surface area contributed by atoms with Gasteiger partial charge in [0.25, 0.3) is 0 Å². The van der Waals surface area contributed by atoms with Crippen LogP contribution in [0.5, 0.6) is 0 Å². The van der Waals surface area contributed by atoms with Crippen LogP contribution < -0.4 is 10.6 Å². The maximum atomic E-state index is 14.6. The molecule has 0 atom stereocenters. The van der Waals surface area contributed by atoms with Gasteiger partial charge < -0.3 is 15.1 Å². The van der Waals surface area contributed by atoms with Crippen molar-refractivity contribution in [2.75, 3.05) is 5.32 Å². The largest absolute Gasteiger partial charge is 0.454 e. The molecule has 1 aromatic heterocycles. The summed E-state index contributed by atoms with van der Waals surface area (Å²) in [6.07, 6.45) is 14.6. The first-order chi connectivity index (χ1) is 16.7. The number of rotatable bonds is 9. The molecule has 0 radical (unpaired) electrons. The molecule has 0 saturated heterocycles. The molecule has 4 aromatic rings. The first-order valence-electron chi connectivity index (χ1n) is 11.6. The Balaban J connectivity index is 1.73. The Morgan fingerprint density at radius 1 is 0.941 bits per heavy atom. The van der Waals surface area contributed by atoms with Crippen LogP contribution in [0.2, 0.25) is 0 Å². The van der Waals surface area contributed by atoms with E-state index >= 15 is 0 Å². The van der Waals surface area contributed by atoms with E-state index in [1.54, 1.807) is 12.1 Å². The molecule has 0 unspecified atom stereocenters. The summed E-state index contributed by atoms with van der Waals surface area (Å²) >= 11 is 0. The van der Waals surface area contributed by atoms with E-state index in [4.69, 9.17) is 4.42 Å². The Morgan fingerprint density at radius 2 is 1.76 bits per heavy atom. The molecule has 4 heteroatoms. The van der Waals surface area contributed by atoms with E-state index in [1.165, 1.54) is 6.07 Å². The van der Waals surface area contributed by atoms with Crippen molar-refractivity contribution in [2.24, 2.45) is 0 Å². The lowest BCUT2D eigenvalue weighted by molar-refractivity contribution is 0.621. The number of hydrogen-bond acceptors (Lipinski definition) is 3. The van der Waals surface area contributed by atoms with Crippen LogP contribution in [0.1, 0.15) is 31.4 Å². The van der Waals surface area contributed by atoms with Gasteiger partial charge in [0, 0.05) is 34.8 Å². The predicted molar refractivity (Wildman–Crippen MR) is 142 cm³/mol. The fraction of sp³-hybridized carbons (Fsp3) is 0.133. The van der Waals surface area contributed by atoms with Gasteiger partial charge in [0.15, 0.2) is 5.58 Å². The quantitative estimate of drug-likeness (QED) is 0.251. The predicted octanol–water partition coefficient (Wildman–Crippen LogP) is 8.32. The minimum Gasteiger partial charge on any atom is -0.454 e. The van der Waals surface area contributed by atoms with Crippen molar-refractivity contribution in [1.82, 2.24) is 5.32 Å². The summed E-state index contributed by atoms with van der Waals surface area (Å²) in [7, 11) is 0. The topological polar surface area (TPSA) is 37.2 Å². The smallest absolute Gasteiger partial charge is 0.159 e. The van der Waals surface area contributed by atoms with Gasteiger partial charge in [-0.3, -0.25) is 0 Å². The van der Waals surface area contributed by atoms with Crippen LogP contribution in [-0.2, 0) is 6.54 Å². The summed E-state index contributed by atoms with van der Waals surface area (Å²) in [6.45, 7) is 4.54. The highest BCUT2D eigenvalue weighted by Gasteiger charge is 2.15. The molecule has 0 aliphatic rings. The molecular weight excluding hydrogens is 423 g/mol. The molecule has 0 saturated carbocycles.